The Labute approximate surface area is 94.3 Å². The Morgan fingerprint density at radius 1 is 1.13 bits per heavy atom. The lowest BCUT2D eigenvalue weighted by Gasteiger charge is -2.05. The van der Waals surface area contributed by atoms with Crippen LogP contribution in [0.25, 0.3) is 11.1 Å². The fourth-order valence-electron chi connectivity index (χ4n) is 1.38. The molecule has 1 aromatic carbocycles. The van der Waals surface area contributed by atoms with Crippen LogP contribution in [0.2, 0.25) is 0 Å². The SMILES string of the molecule is COc1ccc(-c2ccccc2S)cn1. The molecule has 0 saturated carbocycles. The van der Waals surface area contributed by atoms with Gasteiger partial charge in [0.25, 0.3) is 0 Å². The van der Waals surface area contributed by atoms with Crippen molar-refractivity contribution in [2.24, 2.45) is 0 Å². The first-order valence-corrected chi connectivity index (χ1v) is 5.04. The van der Waals surface area contributed by atoms with Crippen LogP contribution in [0, 0.1) is 0 Å². The van der Waals surface area contributed by atoms with Crippen LogP contribution in [0.5, 0.6) is 5.88 Å². The van der Waals surface area contributed by atoms with Crippen molar-refractivity contribution in [1.29, 1.82) is 0 Å². The number of benzene rings is 1. The number of methoxy groups -OCH3 is 1. The number of thiol groups is 1. The molecule has 1 aromatic heterocycles. The molecule has 1 heterocycles. The van der Waals surface area contributed by atoms with Gasteiger partial charge >= 0.3 is 0 Å². The zero-order valence-electron chi connectivity index (χ0n) is 8.34. The van der Waals surface area contributed by atoms with E-state index in [0.717, 1.165) is 16.0 Å². The van der Waals surface area contributed by atoms with Crippen molar-refractivity contribution in [3.63, 3.8) is 0 Å². The lowest BCUT2D eigenvalue weighted by molar-refractivity contribution is 0.398. The van der Waals surface area contributed by atoms with E-state index in [-0.39, 0.29) is 0 Å². The van der Waals surface area contributed by atoms with E-state index in [2.05, 4.69) is 17.6 Å². The van der Waals surface area contributed by atoms with E-state index in [1.165, 1.54) is 0 Å². The maximum atomic E-state index is 5.01. The molecule has 0 amide bonds. The normalized spacial score (nSPS) is 10.0. The average molecular weight is 217 g/mol. The summed E-state index contributed by atoms with van der Waals surface area (Å²) < 4.78 is 5.01. The lowest BCUT2D eigenvalue weighted by atomic mass is 10.1. The summed E-state index contributed by atoms with van der Waals surface area (Å²) in [4.78, 5) is 5.11. The van der Waals surface area contributed by atoms with Gasteiger partial charge < -0.3 is 4.74 Å². The predicted molar refractivity (Wildman–Crippen MR) is 63.5 cm³/mol. The molecular weight excluding hydrogens is 206 g/mol. The van der Waals surface area contributed by atoms with Gasteiger partial charge in [0.05, 0.1) is 7.11 Å². The summed E-state index contributed by atoms with van der Waals surface area (Å²) in [5, 5.41) is 0. The average Bonchev–Trinajstić information content (AvgIpc) is 2.30. The summed E-state index contributed by atoms with van der Waals surface area (Å²) in [7, 11) is 1.61. The monoisotopic (exact) mass is 217 g/mol. The van der Waals surface area contributed by atoms with Crippen molar-refractivity contribution >= 4 is 12.6 Å². The first kappa shape index (κ1) is 10.1. The molecule has 0 bridgehead atoms. The molecule has 0 aliphatic carbocycles. The third-order valence-corrected chi connectivity index (χ3v) is 2.55. The second-order valence-corrected chi connectivity index (χ2v) is 3.59. The summed E-state index contributed by atoms with van der Waals surface area (Å²) in [6.45, 7) is 0. The number of pyridine rings is 1. The number of ether oxygens (including phenoxy) is 1. The quantitative estimate of drug-likeness (QED) is 0.781. The molecule has 3 heteroatoms. The molecule has 0 spiro atoms. The van der Waals surface area contributed by atoms with Gasteiger partial charge in [0.2, 0.25) is 5.88 Å². The molecule has 0 aliphatic rings. The van der Waals surface area contributed by atoms with Gasteiger partial charge in [-0.1, -0.05) is 18.2 Å². The Morgan fingerprint density at radius 2 is 1.93 bits per heavy atom. The van der Waals surface area contributed by atoms with E-state index in [0.29, 0.717) is 5.88 Å². The standard InChI is InChI=1S/C12H11NOS/c1-14-12-7-6-9(8-13-12)10-4-2-3-5-11(10)15/h2-8,15H,1H3. The highest BCUT2D eigenvalue weighted by molar-refractivity contribution is 7.80. The molecule has 2 aromatic rings. The number of hydrogen-bond donors (Lipinski definition) is 1. The summed E-state index contributed by atoms with van der Waals surface area (Å²) in [6, 6.07) is 11.7. The molecule has 2 nitrogen and oxygen atoms in total. The largest absolute Gasteiger partial charge is 0.481 e. The Kier molecular flexibility index (Phi) is 2.92. The fourth-order valence-corrected chi connectivity index (χ4v) is 1.67. The van der Waals surface area contributed by atoms with Crippen molar-refractivity contribution in [3.8, 4) is 17.0 Å². The minimum absolute atomic E-state index is 0.621. The smallest absolute Gasteiger partial charge is 0.212 e. The van der Waals surface area contributed by atoms with Crippen LogP contribution in [-0.4, -0.2) is 12.1 Å². The molecule has 0 unspecified atom stereocenters. The zero-order chi connectivity index (χ0) is 10.7. The van der Waals surface area contributed by atoms with E-state index in [9.17, 15) is 0 Å². The lowest BCUT2D eigenvalue weighted by Crippen LogP contribution is -1.87. The van der Waals surface area contributed by atoms with Crippen LogP contribution in [0.15, 0.2) is 47.5 Å². The van der Waals surface area contributed by atoms with Crippen LogP contribution in [0.1, 0.15) is 0 Å². The van der Waals surface area contributed by atoms with Gasteiger partial charge in [0.15, 0.2) is 0 Å². The number of rotatable bonds is 2. The van der Waals surface area contributed by atoms with Gasteiger partial charge in [-0.25, -0.2) is 4.98 Å². The van der Waals surface area contributed by atoms with Gasteiger partial charge in [-0.2, -0.15) is 0 Å². The van der Waals surface area contributed by atoms with Crippen molar-refractivity contribution < 1.29 is 4.74 Å². The van der Waals surface area contributed by atoms with Crippen molar-refractivity contribution in [2.75, 3.05) is 7.11 Å². The van der Waals surface area contributed by atoms with Gasteiger partial charge in [0, 0.05) is 22.7 Å². The Bertz CT molecular complexity index is 453. The number of nitrogens with zero attached hydrogens (tertiary/aromatic N) is 1. The minimum Gasteiger partial charge on any atom is -0.481 e. The fraction of sp³-hybridized carbons (Fsp3) is 0.0833. The molecule has 0 atom stereocenters. The Balaban J connectivity index is 2.42. The highest BCUT2D eigenvalue weighted by Crippen LogP contribution is 2.26. The predicted octanol–water partition coefficient (Wildman–Crippen LogP) is 3.05. The molecule has 0 saturated heterocycles. The van der Waals surface area contributed by atoms with E-state index in [1.807, 2.05) is 36.4 Å². The highest BCUT2D eigenvalue weighted by Gasteiger charge is 2.01. The van der Waals surface area contributed by atoms with Crippen LogP contribution >= 0.6 is 12.6 Å². The number of aromatic nitrogens is 1. The second-order valence-electron chi connectivity index (χ2n) is 3.11. The van der Waals surface area contributed by atoms with E-state index in [4.69, 9.17) is 4.74 Å². The van der Waals surface area contributed by atoms with Crippen molar-refractivity contribution in [1.82, 2.24) is 4.98 Å². The Morgan fingerprint density at radius 3 is 2.53 bits per heavy atom. The molecule has 0 N–H and O–H groups in total. The summed E-state index contributed by atoms with van der Waals surface area (Å²) >= 11 is 4.40. The molecule has 76 valence electrons. The zero-order valence-corrected chi connectivity index (χ0v) is 9.24. The van der Waals surface area contributed by atoms with Gasteiger partial charge in [-0.3, -0.25) is 0 Å². The van der Waals surface area contributed by atoms with Gasteiger partial charge in [-0.15, -0.1) is 12.6 Å². The van der Waals surface area contributed by atoms with Crippen LogP contribution in [-0.2, 0) is 0 Å². The second kappa shape index (κ2) is 4.36. The minimum atomic E-state index is 0.621. The summed E-state index contributed by atoms with van der Waals surface area (Å²) in [5.41, 5.74) is 2.12. The first-order chi connectivity index (χ1) is 7.31. The molecule has 0 fully saturated rings. The third kappa shape index (κ3) is 2.13. The topological polar surface area (TPSA) is 22.1 Å². The first-order valence-electron chi connectivity index (χ1n) is 4.59. The molecular formula is C12H11NOS. The maximum absolute atomic E-state index is 5.01. The van der Waals surface area contributed by atoms with Gasteiger partial charge in [0.1, 0.15) is 0 Å². The summed E-state index contributed by atoms with van der Waals surface area (Å²) in [5.74, 6) is 0.621. The van der Waals surface area contributed by atoms with Crippen LogP contribution < -0.4 is 4.74 Å². The molecule has 0 aliphatic heterocycles. The van der Waals surface area contributed by atoms with E-state index < -0.39 is 0 Å². The van der Waals surface area contributed by atoms with Crippen LogP contribution in [0.3, 0.4) is 0 Å². The Hall–Kier alpha value is -1.48. The third-order valence-electron chi connectivity index (χ3n) is 2.16. The van der Waals surface area contributed by atoms with Crippen molar-refractivity contribution in [2.45, 2.75) is 4.90 Å². The maximum Gasteiger partial charge on any atom is 0.212 e. The molecule has 15 heavy (non-hydrogen) atoms. The van der Waals surface area contributed by atoms with Gasteiger partial charge in [-0.05, 0) is 17.7 Å². The molecule has 2 rings (SSSR count). The van der Waals surface area contributed by atoms with E-state index >= 15 is 0 Å². The summed E-state index contributed by atoms with van der Waals surface area (Å²) in [6.07, 6.45) is 1.79. The van der Waals surface area contributed by atoms with E-state index in [1.54, 1.807) is 13.3 Å². The highest BCUT2D eigenvalue weighted by atomic mass is 32.1. The molecule has 0 radical (unpaired) electrons. The van der Waals surface area contributed by atoms with Crippen molar-refractivity contribution in [3.05, 3.63) is 42.6 Å². The number of hydrogen-bond acceptors (Lipinski definition) is 3. The van der Waals surface area contributed by atoms with Crippen LogP contribution in [0.4, 0.5) is 0 Å².